The fourth-order valence-electron chi connectivity index (χ4n) is 3.22. The molecule has 9 heteroatoms. The maximum atomic E-state index is 12.9. The first-order valence-corrected chi connectivity index (χ1v) is 11.0. The lowest BCUT2D eigenvalue weighted by Gasteiger charge is -2.14. The number of nitrogens with zero attached hydrogens (tertiary/aromatic N) is 6. The van der Waals surface area contributed by atoms with E-state index in [9.17, 15) is 10.1 Å². The molecule has 0 amide bonds. The van der Waals surface area contributed by atoms with Crippen LogP contribution in [0.4, 0.5) is 5.69 Å². The van der Waals surface area contributed by atoms with Gasteiger partial charge >= 0.3 is 0 Å². The van der Waals surface area contributed by atoms with Gasteiger partial charge in [-0.2, -0.15) is 9.94 Å². The van der Waals surface area contributed by atoms with Crippen LogP contribution in [-0.4, -0.2) is 38.8 Å². The van der Waals surface area contributed by atoms with Gasteiger partial charge in [0.05, 0.1) is 17.1 Å². The van der Waals surface area contributed by atoms with Crippen molar-refractivity contribution >= 4 is 35.0 Å². The van der Waals surface area contributed by atoms with Crippen LogP contribution in [0.5, 0.6) is 0 Å². The summed E-state index contributed by atoms with van der Waals surface area (Å²) in [6.07, 6.45) is 0. The fraction of sp³-hybridized carbons (Fsp3) is 0.190. The normalized spacial score (nSPS) is 14.4. The van der Waals surface area contributed by atoms with Crippen molar-refractivity contribution in [3.63, 3.8) is 0 Å². The summed E-state index contributed by atoms with van der Waals surface area (Å²) in [5.41, 5.74) is 4.19. The molecule has 0 saturated heterocycles. The van der Waals surface area contributed by atoms with Crippen molar-refractivity contribution in [1.82, 2.24) is 20.2 Å². The average molecular weight is 435 g/mol. The molecule has 1 aliphatic rings. The summed E-state index contributed by atoms with van der Waals surface area (Å²) in [5.74, 6) is -0.178. The Hall–Kier alpha value is -3.09. The Bertz CT molecular complexity index is 1210. The van der Waals surface area contributed by atoms with E-state index in [0.717, 1.165) is 27.4 Å². The minimum Gasteiger partial charge on any atom is -0.337 e. The van der Waals surface area contributed by atoms with Crippen molar-refractivity contribution in [2.75, 3.05) is 17.7 Å². The van der Waals surface area contributed by atoms with E-state index >= 15 is 0 Å². The van der Waals surface area contributed by atoms with Gasteiger partial charge in [-0.3, -0.25) is 4.79 Å². The molecule has 1 aliphatic heterocycles. The third-order valence-corrected chi connectivity index (χ3v) is 6.85. The topological polar surface area (TPSA) is 87.7 Å². The van der Waals surface area contributed by atoms with Gasteiger partial charge in [0.2, 0.25) is 5.16 Å². The number of anilines is 1. The Balaban J connectivity index is 1.55. The van der Waals surface area contributed by atoms with Crippen LogP contribution in [0.2, 0.25) is 0 Å². The van der Waals surface area contributed by atoms with E-state index in [4.69, 9.17) is 0 Å². The highest BCUT2D eigenvalue weighted by atomic mass is 32.2. The minimum atomic E-state index is -0.250. The summed E-state index contributed by atoms with van der Waals surface area (Å²) >= 11 is 2.66. The molecule has 0 aliphatic carbocycles. The smallest absolute Gasteiger partial charge is 0.214 e. The number of hydrogen-bond acceptors (Lipinski definition) is 8. The Morgan fingerprint density at radius 1 is 1.20 bits per heavy atom. The second kappa shape index (κ2) is 8.34. The molecular formula is C21H18N6OS2. The first kappa shape index (κ1) is 20.2. The number of rotatable bonds is 5. The van der Waals surface area contributed by atoms with Crippen molar-refractivity contribution in [2.24, 2.45) is 0 Å². The molecule has 0 fully saturated rings. The van der Waals surface area contributed by atoms with Crippen LogP contribution >= 0.6 is 23.5 Å². The summed E-state index contributed by atoms with van der Waals surface area (Å²) in [4.78, 5) is 15.8. The van der Waals surface area contributed by atoms with Crippen molar-refractivity contribution < 1.29 is 4.79 Å². The van der Waals surface area contributed by atoms with Crippen LogP contribution in [0, 0.1) is 25.2 Å². The molecule has 0 bridgehead atoms. The van der Waals surface area contributed by atoms with Crippen LogP contribution < -0.4 is 4.90 Å². The number of Topliss-reactive ketones (excluding diaryl/α,β-unsaturated/α-hetero) is 1. The Labute approximate surface area is 182 Å². The predicted molar refractivity (Wildman–Crippen MR) is 118 cm³/mol. The Morgan fingerprint density at radius 3 is 2.73 bits per heavy atom. The number of ketones is 1. The highest BCUT2D eigenvalue weighted by Crippen LogP contribution is 2.46. The molecule has 0 N–H and O–H groups in total. The number of allylic oxidation sites excluding steroid dienone is 1. The van der Waals surface area contributed by atoms with E-state index < -0.39 is 0 Å². The largest absolute Gasteiger partial charge is 0.337 e. The van der Waals surface area contributed by atoms with Crippen LogP contribution in [0.15, 0.2) is 63.1 Å². The van der Waals surface area contributed by atoms with Gasteiger partial charge in [-0.15, -0.1) is 5.10 Å². The van der Waals surface area contributed by atoms with Crippen molar-refractivity contribution in [1.29, 1.82) is 5.26 Å². The fourth-order valence-corrected chi connectivity index (χ4v) is 5.13. The first-order valence-electron chi connectivity index (χ1n) is 9.16. The minimum absolute atomic E-state index is 0.0718. The zero-order chi connectivity index (χ0) is 21.3. The van der Waals surface area contributed by atoms with E-state index in [1.165, 1.54) is 23.5 Å². The average Bonchev–Trinajstić information content (AvgIpc) is 3.32. The lowest BCUT2D eigenvalue weighted by molar-refractivity contribution is -0.112. The van der Waals surface area contributed by atoms with Gasteiger partial charge in [-0.1, -0.05) is 53.4 Å². The van der Waals surface area contributed by atoms with E-state index in [-0.39, 0.29) is 17.1 Å². The molecular weight excluding hydrogens is 416 g/mol. The molecule has 1 aromatic heterocycles. The highest BCUT2D eigenvalue weighted by molar-refractivity contribution is 8.03. The number of hydrogen-bond donors (Lipinski definition) is 0. The predicted octanol–water partition coefficient (Wildman–Crippen LogP) is 3.92. The summed E-state index contributed by atoms with van der Waals surface area (Å²) in [5, 5.41) is 22.7. The van der Waals surface area contributed by atoms with Crippen molar-refractivity contribution in [3.05, 3.63) is 64.2 Å². The number of aromatic nitrogens is 4. The quantitative estimate of drug-likeness (QED) is 0.339. The van der Waals surface area contributed by atoms with Gasteiger partial charge in [0.15, 0.2) is 5.78 Å². The monoisotopic (exact) mass is 434 g/mol. The number of carbonyl (C=O) groups excluding carboxylic acids is 1. The maximum Gasteiger partial charge on any atom is 0.214 e. The molecule has 0 saturated carbocycles. The van der Waals surface area contributed by atoms with Gasteiger partial charge in [0.1, 0.15) is 16.7 Å². The number of thioether (sulfide) groups is 2. The van der Waals surface area contributed by atoms with E-state index in [1.807, 2.05) is 62.2 Å². The van der Waals surface area contributed by atoms with Gasteiger partial charge < -0.3 is 4.90 Å². The Morgan fingerprint density at radius 2 is 2.00 bits per heavy atom. The van der Waals surface area contributed by atoms with Crippen LogP contribution in [-0.2, 0) is 4.79 Å². The van der Waals surface area contributed by atoms with Gasteiger partial charge in [0, 0.05) is 11.9 Å². The number of aryl methyl sites for hydroxylation is 2. The molecule has 0 atom stereocenters. The highest BCUT2D eigenvalue weighted by Gasteiger charge is 2.28. The van der Waals surface area contributed by atoms with Crippen molar-refractivity contribution in [2.45, 2.75) is 23.9 Å². The summed E-state index contributed by atoms with van der Waals surface area (Å²) in [7, 11) is 1.87. The van der Waals surface area contributed by atoms with Crippen LogP contribution in [0.1, 0.15) is 11.1 Å². The summed E-state index contributed by atoms with van der Waals surface area (Å²) < 4.78 is 1.62. The molecule has 3 aromatic rings. The SMILES string of the molecule is Cc1ccc(-n2nnnc2SCC(=O)/C(C#N)=C2\Sc3ccccc3N2C)c(C)c1. The third-order valence-electron chi connectivity index (χ3n) is 4.70. The zero-order valence-corrected chi connectivity index (χ0v) is 18.3. The first-order chi connectivity index (χ1) is 14.5. The number of para-hydroxylation sites is 1. The van der Waals surface area contributed by atoms with Gasteiger partial charge in [-0.05, 0) is 48.0 Å². The van der Waals surface area contributed by atoms with E-state index in [1.54, 1.807) is 4.68 Å². The zero-order valence-electron chi connectivity index (χ0n) is 16.7. The molecule has 0 spiro atoms. The lowest BCUT2D eigenvalue weighted by Crippen LogP contribution is -2.16. The standard InChI is InChI=1S/C21H18N6OS2/c1-13-8-9-16(14(2)10-13)27-21(23-24-25-27)29-12-18(28)15(11-22)20-26(3)17-6-4-5-7-19(17)30-20/h4-10H,12H2,1-3H3/b20-15-. The Kier molecular flexibility index (Phi) is 5.61. The molecule has 2 heterocycles. The second-order valence-electron chi connectivity index (χ2n) is 6.80. The lowest BCUT2D eigenvalue weighted by atomic mass is 10.1. The number of tetrazole rings is 1. The number of carbonyl (C=O) groups is 1. The molecule has 7 nitrogen and oxygen atoms in total. The van der Waals surface area contributed by atoms with Crippen molar-refractivity contribution in [3.8, 4) is 11.8 Å². The molecule has 30 heavy (non-hydrogen) atoms. The third kappa shape index (κ3) is 3.72. The number of fused-ring (bicyclic) bond motifs is 1. The maximum absolute atomic E-state index is 12.9. The molecule has 2 aromatic carbocycles. The van der Waals surface area contributed by atoms with E-state index in [0.29, 0.717) is 10.2 Å². The molecule has 150 valence electrons. The second-order valence-corrected chi connectivity index (χ2v) is 8.77. The van der Waals surface area contributed by atoms with Crippen LogP contribution in [0.25, 0.3) is 5.69 Å². The van der Waals surface area contributed by atoms with Gasteiger partial charge in [0.25, 0.3) is 0 Å². The number of nitriles is 1. The molecule has 0 unspecified atom stereocenters. The van der Waals surface area contributed by atoms with E-state index in [2.05, 4.69) is 27.7 Å². The number of benzene rings is 2. The van der Waals surface area contributed by atoms with Crippen LogP contribution in [0.3, 0.4) is 0 Å². The summed E-state index contributed by atoms with van der Waals surface area (Å²) in [6, 6.07) is 15.9. The summed E-state index contributed by atoms with van der Waals surface area (Å²) in [6.45, 7) is 4.02. The molecule has 0 radical (unpaired) electrons. The molecule has 4 rings (SSSR count). The van der Waals surface area contributed by atoms with Gasteiger partial charge in [-0.25, -0.2) is 0 Å².